The zero-order valence-corrected chi connectivity index (χ0v) is 31.3. The molecule has 1 unspecified atom stereocenters. The number of aliphatic hydroxyl groups excluding tert-OH is 1. The van der Waals surface area contributed by atoms with Gasteiger partial charge in [0.15, 0.2) is 6.04 Å². The van der Waals surface area contributed by atoms with Gasteiger partial charge in [-0.15, -0.1) is 0 Å². The Morgan fingerprint density at radius 1 is 0.900 bits per heavy atom. The quantitative estimate of drug-likeness (QED) is 0.165. The first-order valence-corrected chi connectivity index (χ1v) is 17.3. The number of nitrogens with zero attached hydrogens (tertiary/aromatic N) is 3. The van der Waals surface area contributed by atoms with Gasteiger partial charge in [0.25, 0.3) is 0 Å². The van der Waals surface area contributed by atoms with E-state index in [1.54, 1.807) is 49.2 Å². The summed E-state index contributed by atoms with van der Waals surface area (Å²) in [7, 11) is 8.17. The molecule has 0 aliphatic carbocycles. The largest absolute Gasteiger partial charge is 0.480 e. The summed E-state index contributed by atoms with van der Waals surface area (Å²) in [6.45, 7) is 9.76. The maximum Gasteiger partial charge on any atom is 0.329 e. The fraction of sp³-hybridized carbons (Fsp3) is 0.694. The molecule has 1 aromatic rings. The van der Waals surface area contributed by atoms with E-state index in [0.29, 0.717) is 24.9 Å². The molecular formula is C36H59N5O9. The fourth-order valence-electron chi connectivity index (χ4n) is 6.74. The highest BCUT2D eigenvalue weighted by Gasteiger charge is 2.42. The summed E-state index contributed by atoms with van der Waals surface area (Å²) in [5.41, 5.74) is 0.345. The zero-order valence-electron chi connectivity index (χ0n) is 31.3. The number of carboxylic acids is 1. The van der Waals surface area contributed by atoms with Gasteiger partial charge >= 0.3 is 5.97 Å². The molecule has 0 aromatic heterocycles. The van der Waals surface area contributed by atoms with Gasteiger partial charge in [0.2, 0.25) is 23.6 Å². The maximum atomic E-state index is 13.7. The van der Waals surface area contributed by atoms with Crippen molar-refractivity contribution in [3.05, 3.63) is 35.9 Å². The van der Waals surface area contributed by atoms with Crippen LogP contribution in [0, 0.1) is 17.8 Å². The third-order valence-electron chi connectivity index (χ3n) is 9.47. The minimum Gasteiger partial charge on any atom is -0.480 e. The van der Waals surface area contributed by atoms with Crippen molar-refractivity contribution in [1.29, 1.82) is 0 Å². The number of benzene rings is 1. The highest BCUT2D eigenvalue weighted by Crippen LogP contribution is 2.28. The predicted octanol–water partition coefficient (Wildman–Crippen LogP) is 1.52. The van der Waals surface area contributed by atoms with Gasteiger partial charge in [-0.2, -0.15) is 0 Å². The third kappa shape index (κ3) is 11.2. The van der Waals surface area contributed by atoms with Crippen LogP contribution in [0.5, 0.6) is 0 Å². The van der Waals surface area contributed by atoms with Crippen molar-refractivity contribution in [2.75, 3.05) is 48.5 Å². The van der Waals surface area contributed by atoms with Crippen molar-refractivity contribution in [3.8, 4) is 0 Å². The van der Waals surface area contributed by atoms with Crippen LogP contribution in [0.4, 0.5) is 0 Å². The molecule has 282 valence electrons. The van der Waals surface area contributed by atoms with Crippen molar-refractivity contribution in [2.45, 2.75) is 96.4 Å². The van der Waals surface area contributed by atoms with Gasteiger partial charge in [0.05, 0.1) is 36.6 Å². The highest BCUT2D eigenvalue weighted by atomic mass is 16.5. The fourth-order valence-corrected chi connectivity index (χ4v) is 6.74. The summed E-state index contributed by atoms with van der Waals surface area (Å²) >= 11 is 0. The number of rotatable bonds is 19. The molecule has 50 heavy (non-hydrogen) atoms. The van der Waals surface area contributed by atoms with Crippen molar-refractivity contribution in [2.24, 2.45) is 17.8 Å². The van der Waals surface area contributed by atoms with E-state index in [2.05, 4.69) is 10.6 Å². The van der Waals surface area contributed by atoms with Gasteiger partial charge in [-0.05, 0) is 44.3 Å². The van der Waals surface area contributed by atoms with E-state index >= 15 is 0 Å². The lowest BCUT2D eigenvalue weighted by Gasteiger charge is -2.35. The van der Waals surface area contributed by atoms with E-state index in [0.717, 1.165) is 0 Å². The third-order valence-corrected chi connectivity index (χ3v) is 9.47. The van der Waals surface area contributed by atoms with Crippen LogP contribution in [-0.4, -0.2) is 139 Å². The predicted molar refractivity (Wildman–Crippen MR) is 188 cm³/mol. The smallest absolute Gasteiger partial charge is 0.329 e. The number of methoxy groups -OCH3 is 2. The van der Waals surface area contributed by atoms with E-state index in [1.807, 2.05) is 46.7 Å². The monoisotopic (exact) mass is 705 g/mol. The molecule has 0 saturated carbocycles. The molecule has 14 nitrogen and oxygen atoms in total. The molecule has 1 heterocycles. The standard InChI is InChI=1S/C36H59N5O9/c1-21(2)28(37-34(45)30(22(3)4)39(6)7)35(46)40(8)20-25(49-9)19-27(42)41-18-14-17-26(41)32(50-10)23(5)33(44)38-29(36(47)48)31(43)24-15-12-11-13-16-24/h11-13,15-16,21-23,25-26,28-32,43H,14,17-20H2,1-10H3,(H,37,45)(H,38,44)(H,47,48)/t23-,25-,26+,28+,29?,30+,31+,32-/m1/s1. The Morgan fingerprint density at radius 3 is 2.00 bits per heavy atom. The number of ether oxygens (including phenoxy) is 2. The molecule has 0 spiro atoms. The molecule has 14 heteroatoms. The summed E-state index contributed by atoms with van der Waals surface area (Å²) in [6, 6.07) is 4.96. The Hall–Kier alpha value is -3.59. The minimum atomic E-state index is -1.60. The molecule has 1 fully saturated rings. The number of likely N-dealkylation sites (tertiary alicyclic amines) is 1. The summed E-state index contributed by atoms with van der Waals surface area (Å²) in [5, 5.41) is 25.9. The summed E-state index contributed by atoms with van der Waals surface area (Å²) in [5.74, 6) is -3.80. The van der Waals surface area contributed by atoms with Gasteiger partial charge in [-0.1, -0.05) is 65.0 Å². The van der Waals surface area contributed by atoms with E-state index in [1.165, 1.54) is 19.1 Å². The highest BCUT2D eigenvalue weighted by molar-refractivity contribution is 5.90. The van der Waals surface area contributed by atoms with E-state index in [4.69, 9.17) is 9.47 Å². The van der Waals surface area contributed by atoms with Crippen LogP contribution >= 0.6 is 0 Å². The molecule has 4 N–H and O–H groups in total. The van der Waals surface area contributed by atoms with Crippen LogP contribution < -0.4 is 10.6 Å². The van der Waals surface area contributed by atoms with Crippen molar-refractivity contribution >= 4 is 29.6 Å². The number of carboxylic acid groups (broad SMARTS) is 1. The Morgan fingerprint density at radius 2 is 1.50 bits per heavy atom. The van der Waals surface area contributed by atoms with E-state index < -0.39 is 60.3 Å². The van der Waals surface area contributed by atoms with E-state index in [9.17, 15) is 34.2 Å². The van der Waals surface area contributed by atoms with E-state index in [-0.39, 0.29) is 42.5 Å². The molecule has 4 amide bonds. The number of hydrogen-bond donors (Lipinski definition) is 4. The van der Waals surface area contributed by atoms with Gasteiger partial charge in [-0.25, -0.2) is 4.79 Å². The second kappa shape index (κ2) is 19.7. The number of carbonyl (C=O) groups excluding carboxylic acids is 4. The first kappa shape index (κ1) is 42.6. The van der Waals surface area contributed by atoms with Crippen LogP contribution in [0.15, 0.2) is 30.3 Å². The Bertz CT molecular complexity index is 1270. The topological polar surface area (TPSA) is 178 Å². The summed E-state index contributed by atoms with van der Waals surface area (Å²) < 4.78 is 11.4. The van der Waals surface area contributed by atoms with Crippen molar-refractivity contribution < 1.29 is 43.7 Å². The van der Waals surface area contributed by atoms with Gasteiger partial charge < -0.3 is 40.1 Å². The van der Waals surface area contributed by atoms with Crippen LogP contribution in [0.3, 0.4) is 0 Å². The lowest BCUT2D eigenvalue weighted by atomic mass is 9.93. The molecule has 0 bridgehead atoms. The Kier molecular flexibility index (Phi) is 16.8. The van der Waals surface area contributed by atoms with Crippen molar-refractivity contribution in [3.63, 3.8) is 0 Å². The molecule has 8 atom stereocenters. The Labute approximate surface area is 296 Å². The Balaban J connectivity index is 2.12. The van der Waals surface area contributed by atoms with Crippen LogP contribution in [0.1, 0.15) is 65.5 Å². The van der Waals surface area contributed by atoms with Crippen LogP contribution in [-0.2, 0) is 33.4 Å². The number of aliphatic carboxylic acids is 1. The van der Waals surface area contributed by atoms with Gasteiger partial charge in [-0.3, -0.25) is 24.1 Å². The molecule has 1 saturated heterocycles. The summed E-state index contributed by atoms with van der Waals surface area (Å²) in [4.78, 5) is 70.8. The molecule has 0 radical (unpaired) electrons. The second-order valence-corrected chi connectivity index (χ2v) is 14.1. The molecule has 1 aromatic carbocycles. The number of amides is 4. The average Bonchev–Trinajstić information content (AvgIpc) is 3.54. The van der Waals surface area contributed by atoms with Crippen LogP contribution in [0.2, 0.25) is 0 Å². The van der Waals surface area contributed by atoms with Gasteiger partial charge in [0.1, 0.15) is 12.1 Å². The number of nitrogens with one attached hydrogen (secondary N) is 2. The first-order valence-electron chi connectivity index (χ1n) is 17.3. The zero-order chi connectivity index (χ0) is 37.9. The summed E-state index contributed by atoms with van der Waals surface area (Å²) in [6.07, 6.45) is -1.70. The first-order chi connectivity index (χ1) is 23.5. The lowest BCUT2D eigenvalue weighted by molar-refractivity contribution is -0.148. The van der Waals surface area contributed by atoms with Gasteiger partial charge in [0, 0.05) is 34.4 Å². The lowest BCUT2D eigenvalue weighted by Crippen LogP contribution is -2.56. The molecule has 1 aliphatic heterocycles. The molecule has 2 rings (SSSR count). The van der Waals surface area contributed by atoms with Crippen LogP contribution in [0.25, 0.3) is 0 Å². The normalized spacial score (nSPS) is 19.0. The number of carbonyl (C=O) groups is 5. The van der Waals surface area contributed by atoms with Crippen molar-refractivity contribution in [1.82, 2.24) is 25.3 Å². The minimum absolute atomic E-state index is 0.0354. The SMILES string of the molecule is CO[C@H](CC(=O)N1CCC[C@H]1[C@H](OC)[C@@H](C)C(=O)NC(C(=O)O)[C@@H](O)c1ccccc1)CN(C)C(=O)[C@@H](NC(=O)[C@H](C(C)C)N(C)C)C(C)C. The maximum absolute atomic E-state index is 13.7. The average molecular weight is 706 g/mol. The number of likely N-dealkylation sites (N-methyl/N-ethyl adjacent to an activating group) is 2. The second-order valence-electron chi connectivity index (χ2n) is 14.1. The number of aliphatic hydroxyl groups is 1. The number of hydrogen-bond acceptors (Lipinski definition) is 9. The molecular weight excluding hydrogens is 646 g/mol. The molecule has 1 aliphatic rings.